The summed E-state index contributed by atoms with van der Waals surface area (Å²) in [5.41, 5.74) is 6.43. The molecule has 9 N–H and O–H groups in total. The number of hydrogen-bond acceptors (Lipinski definition) is 8. The molecule has 1 aromatic carbocycles. The molecule has 0 saturated carbocycles. The standard InChI is InChI=1S/C20H26N4O10/c21-12(7-10-1-3-11(25)4-2-10)18(31)22-9-15(26)23-14(8-17(29)30)19(32)24-13(20(33)34)5-6-16(27)28/h1-4,12-14,25H,5-9,21H2,(H,22,31)(H,23,26)(H,24,32)(H,27,28)(H,29,30)(H,33,34). The Hall–Kier alpha value is -4.20. The van der Waals surface area contributed by atoms with Crippen molar-refractivity contribution in [3.63, 3.8) is 0 Å². The van der Waals surface area contributed by atoms with Crippen LogP contribution in [0, 0.1) is 0 Å². The van der Waals surface area contributed by atoms with Crippen LogP contribution < -0.4 is 21.7 Å². The second-order valence-corrected chi connectivity index (χ2v) is 7.24. The van der Waals surface area contributed by atoms with E-state index in [0.29, 0.717) is 5.56 Å². The Morgan fingerprint density at radius 2 is 1.47 bits per heavy atom. The predicted octanol–water partition coefficient (Wildman–Crippen LogP) is -2.23. The third-order valence-corrected chi connectivity index (χ3v) is 4.44. The van der Waals surface area contributed by atoms with Crippen LogP contribution in [0.15, 0.2) is 24.3 Å². The van der Waals surface area contributed by atoms with Gasteiger partial charge in [-0.3, -0.25) is 24.0 Å². The van der Waals surface area contributed by atoms with Gasteiger partial charge in [-0.15, -0.1) is 0 Å². The zero-order valence-electron chi connectivity index (χ0n) is 17.9. The first-order valence-corrected chi connectivity index (χ1v) is 9.96. The van der Waals surface area contributed by atoms with Gasteiger partial charge < -0.3 is 42.1 Å². The lowest BCUT2D eigenvalue weighted by molar-refractivity contribution is -0.144. The van der Waals surface area contributed by atoms with Crippen molar-refractivity contribution in [3.05, 3.63) is 29.8 Å². The summed E-state index contributed by atoms with van der Waals surface area (Å²) in [5.74, 6) is -7.07. The maximum Gasteiger partial charge on any atom is 0.326 e. The number of carboxylic acids is 3. The molecular weight excluding hydrogens is 456 g/mol. The molecule has 34 heavy (non-hydrogen) atoms. The number of rotatable bonds is 14. The van der Waals surface area contributed by atoms with E-state index in [4.69, 9.17) is 21.1 Å². The monoisotopic (exact) mass is 482 g/mol. The Labute approximate surface area is 193 Å². The molecule has 3 atom stereocenters. The lowest BCUT2D eigenvalue weighted by Crippen LogP contribution is -2.54. The van der Waals surface area contributed by atoms with Crippen LogP contribution in [0.5, 0.6) is 5.75 Å². The van der Waals surface area contributed by atoms with Gasteiger partial charge in [0.2, 0.25) is 17.7 Å². The lowest BCUT2D eigenvalue weighted by Gasteiger charge is -2.20. The van der Waals surface area contributed by atoms with Gasteiger partial charge in [-0.05, 0) is 30.5 Å². The zero-order chi connectivity index (χ0) is 25.8. The molecule has 14 nitrogen and oxygen atoms in total. The highest BCUT2D eigenvalue weighted by Gasteiger charge is 2.28. The second kappa shape index (κ2) is 13.4. The number of carboxylic acid groups (broad SMARTS) is 3. The van der Waals surface area contributed by atoms with Gasteiger partial charge in [0, 0.05) is 6.42 Å². The topological polar surface area (TPSA) is 245 Å². The number of aliphatic carboxylic acids is 3. The zero-order valence-corrected chi connectivity index (χ0v) is 17.9. The van der Waals surface area contributed by atoms with E-state index in [1.165, 1.54) is 12.1 Å². The molecule has 14 heteroatoms. The molecule has 3 amide bonds. The highest BCUT2D eigenvalue weighted by molar-refractivity contribution is 5.94. The van der Waals surface area contributed by atoms with E-state index in [1.807, 2.05) is 5.32 Å². The Morgan fingerprint density at radius 3 is 2.00 bits per heavy atom. The molecule has 0 fully saturated rings. The van der Waals surface area contributed by atoms with E-state index in [2.05, 4.69) is 10.6 Å². The summed E-state index contributed by atoms with van der Waals surface area (Å²) >= 11 is 0. The van der Waals surface area contributed by atoms with Crippen LogP contribution in [-0.4, -0.2) is 80.7 Å². The molecular formula is C20H26N4O10. The van der Waals surface area contributed by atoms with E-state index in [9.17, 15) is 33.9 Å². The van der Waals surface area contributed by atoms with Crippen LogP contribution in [0.3, 0.4) is 0 Å². The largest absolute Gasteiger partial charge is 0.508 e. The molecule has 0 bridgehead atoms. The molecule has 0 aliphatic carbocycles. The molecule has 1 aromatic rings. The van der Waals surface area contributed by atoms with Crippen LogP contribution in [0.4, 0.5) is 0 Å². The molecule has 0 aliphatic rings. The third-order valence-electron chi connectivity index (χ3n) is 4.44. The number of nitrogens with one attached hydrogen (secondary N) is 3. The van der Waals surface area contributed by atoms with Gasteiger partial charge in [-0.25, -0.2) is 4.79 Å². The van der Waals surface area contributed by atoms with Crippen molar-refractivity contribution in [2.75, 3.05) is 6.54 Å². The molecule has 3 unspecified atom stereocenters. The molecule has 0 saturated heterocycles. The molecule has 0 spiro atoms. The Morgan fingerprint density at radius 1 is 0.853 bits per heavy atom. The SMILES string of the molecule is NC(Cc1ccc(O)cc1)C(=O)NCC(=O)NC(CC(=O)O)C(=O)NC(CCC(=O)O)C(=O)O. The number of carbonyl (C=O) groups is 6. The van der Waals surface area contributed by atoms with Gasteiger partial charge in [-0.2, -0.15) is 0 Å². The molecule has 0 radical (unpaired) electrons. The van der Waals surface area contributed by atoms with E-state index in [-0.39, 0.29) is 12.2 Å². The van der Waals surface area contributed by atoms with Crippen LogP contribution in [-0.2, 0) is 35.2 Å². The summed E-state index contributed by atoms with van der Waals surface area (Å²) in [6, 6.07) is 1.61. The highest BCUT2D eigenvalue weighted by atomic mass is 16.4. The summed E-state index contributed by atoms with van der Waals surface area (Å²) in [4.78, 5) is 69.5. The highest BCUT2D eigenvalue weighted by Crippen LogP contribution is 2.10. The first-order valence-electron chi connectivity index (χ1n) is 9.96. The number of phenolic OH excluding ortho intramolecular Hbond substituents is 1. The average molecular weight is 482 g/mol. The van der Waals surface area contributed by atoms with Crippen LogP contribution in [0.25, 0.3) is 0 Å². The van der Waals surface area contributed by atoms with Crippen molar-refractivity contribution in [2.45, 2.75) is 43.8 Å². The number of carbonyl (C=O) groups excluding carboxylic acids is 3. The number of nitrogens with two attached hydrogens (primary N) is 1. The minimum Gasteiger partial charge on any atom is -0.508 e. The number of phenols is 1. The van der Waals surface area contributed by atoms with Gasteiger partial charge in [0.1, 0.15) is 17.8 Å². The first-order chi connectivity index (χ1) is 15.9. The van der Waals surface area contributed by atoms with Crippen molar-refractivity contribution in [2.24, 2.45) is 5.73 Å². The van der Waals surface area contributed by atoms with E-state index in [0.717, 1.165) is 0 Å². The number of amides is 3. The number of hydrogen-bond donors (Lipinski definition) is 8. The average Bonchev–Trinajstić information content (AvgIpc) is 2.75. The summed E-state index contributed by atoms with van der Waals surface area (Å²) < 4.78 is 0. The molecule has 0 aromatic heterocycles. The fraction of sp³-hybridized carbons (Fsp3) is 0.400. The van der Waals surface area contributed by atoms with Gasteiger partial charge in [0.15, 0.2) is 0 Å². The summed E-state index contributed by atoms with van der Waals surface area (Å²) in [7, 11) is 0. The van der Waals surface area contributed by atoms with Gasteiger partial charge in [0.05, 0.1) is 19.0 Å². The fourth-order valence-electron chi connectivity index (χ4n) is 2.70. The summed E-state index contributed by atoms with van der Waals surface area (Å²) in [6.07, 6.45) is -1.81. The maximum atomic E-state index is 12.3. The first kappa shape index (κ1) is 27.8. The van der Waals surface area contributed by atoms with Gasteiger partial charge >= 0.3 is 17.9 Å². The Bertz CT molecular complexity index is 918. The minimum absolute atomic E-state index is 0.0370. The van der Waals surface area contributed by atoms with E-state index in [1.54, 1.807) is 12.1 Å². The van der Waals surface area contributed by atoms with E-state index >= 15 is 0 Å². The van der Waals surface area contributed by atoms with Crippen molar-refractivity contribution in [1.82, 2.24) is 16.0 Å². The van der Waals surface area contributed by atoms with E-state index < -0.39 is 79.6 Å². The molecule has 0 aliphatic heterocycles. The second-order valence-electron chi connectivity index (χ2n) is 7.24. The lowest BCUT2D eigenvalue weighted by atomic mass is 10.1. The van der Waals surface area contributed by atoms with Gasteiger partial charge in [-0.1, -0.05) is 12.1 Å². The van der Waals surface area contributed by atoms with Crippen molar-refractivity contribution in [1.29, 1.82) is 0 Å². The van der Waals surface area contributed by atoms with Gasteiger partial charge in [0.25, 0.3) is 0 Å². The fourth-order valence-corrected chi connectivity index (χ4v) is 2.70. The predicted molar refractivity (Wildman–Crippen MR) is 113 cm³/mol. The van der Waals surface area contributed by atoms with Crippen molar-refractivity contribution < 1.29 is 49.2 Å². The summed E-state index contributed by atoms with van der Waals surface area (Å²) in [5, 5.41) is 42.3. The number of aromatic hydroxyl groups is 1. The molecule has 0 heterocycles. The molecule has 1 rings (SSSR count). The van der Waals surface area contributed by atoms with Crippen molar-refractivity contribution in [3.8, 4) is 5.75 Å². The van der Waals surface area contributed by atoms with Crippen LogP contribution in [0.2, 0.25) is 0 Å². The summed E-state index contributed by atoms with van der Waals surface area (Å²) in [6.45, 7) is -0.646. The number of benzene rings is 1. The molecule has 186 valence electrons. The van der Waals surface area contributed by atoms with Crippen LogP contribution in [0.1, 0.15) is 24.8 Å². The Balaban J connectivity index is 2.66. The van der Waals surface area contributed by atoms with Crippen molar-refractivity contribution >= 4 is 35.6 Å². The Kier molecular flexibility index (Phi) is 10.9. The van der Waals surface area contributed by atoms with Crippen LogP contribution >= 0.6 is 0 Å². The third kappa shape index (κ3) is 10.4. The maximum absolute atomic E-state index is 12.3. The normalized spacial score (nSPS) is 13.1. The quantitative estimate of drug-likeness (QED) is 0.141. The minimum atomic E-state index is -1.68. The smallest absolute Gasteiger partial charge is 0.326 e.